The molecule has 0 radical (unpaired) electrons. The molecule has 0 bridgehead atoms. The number of carbonyl (C=O) groups is 2. The molecule has 1 amide bonds. The lowest BCUT2D eigenvalue weighted by atomic mass is 10.2. The zero-order valence-corrected chi connectivity index (χ0v) is 15.5. The molecule has 138 valence electrons. The summed E-state index contributed by atoms with van der Waals surface area (Å²) in [6.07, 6.45) is 0. The van der Waals surface area contributed by atoms with Gasteiger partial charge in [0.05, 0.1) is 14.2 Å². The highest BCUT2D eigenvalue weighted by Gasteiger charge is 2.20. The Kier molecular flexibility index (Phi) is 7.82. The van der Waals surface area contributed by atoms with E-state index in [1.807, 2.05) is 30.3 Å². The van der Waals surface area contributed by atoms with Crippen LogP contribution in [0.1, 0.15) is 10.4 Å². The molecule has 1 N–H and O–H groups in total. The van der Waals surface area contributed by atoms with E-state index < -0.39 is 5.97 Å². The minimum atomic E-state index is -0.673. The van der Waals surface area contributed by atoms with Crippen LogP contribution in [0.15, 0.2) is 53.4 Å². The molecule has 2 aromatic carbocycles. The van der Waals surface area contributed by atoms with Crippen LogP contribution in [0.4, 0.5) is 0 Å². The molecular formula is C19H21NO5S. The van der Waals surface area contributed by atoms with Gasteiger partial charge in [-0.3, -0.25) is 4.79 Å². The molecule has 0 saturated heterocycles. The van der Waals surface area contributed by atoms with Crippen LogP contribution in [0.25, 0.3) is 0 Å². The Balaban J connectivity index is 1.77. The number of esters is 1. The van der Waals surface area contributed by atoms with Gasteiger partial charge in [-0.25, -0.2) is 4.79 Å². The third-order valence-electron chi connectivity index (χ3n) is 3.40. The SMILES string of the molecule is COc1cccc(OC)c1C(=O)OCC(=O)NCCSc1ccccc1. The number of benzene rings is 2. The first-order valence-corrected chi connectivity index (χ1v) is 8.97. The minimum absolute atomic E-state index is 0.157. The number of methoxy groups -OCH3 is 2. The molecule has 0 atom stereocenters. The highest BCUT2D eigenvalue weighted by Crippen LogP contribution is 2.28. The molecule has 0 aliphatic carbocycles. The number of ether oxygens (including phenoxy) is 3. The maximum atomic E-state index is 12.3. The Labute approximate surface area is 156 Å². The molecule has 2 rings (SSSR count). The van der Waals surface area contributed by atoms with Crippen LogP contribution in [0.5, 0.6) is 11.5 Å². The van der Waals surface area contributed by atoms with Gasteiger partial charge in [-0.2, -0.15) is 0 Å². The van der Waals surface area contributed by atoms with Crippen molar-refractivity contribution in [3.63, 3.8) is 0 Å². The van der Waals surface area contributed by atoms with Crippen molar-refractivity contribution in [2.24, 2.45) is 0 Å². The van der Waals surface area contributed by atoms with Crippen molar-refractivity contribution < 1.29 is 23.8 Å². The Morgan fingerprint density at radius 1 is 0.962 bits per heavy atom. The van der Waals surface area contributed by atoms with E-state index in [1.54, 1.807) is 30.0 Å². The fourth-order valence-corrected chi connectivity index (χ4v) is 2.97. The Morgan fingerprint density at radius 3 is 2.23 bits per heavy atom. The van der Waals surface area contributed by atoms with Crippen LogP contribution < -0.4 is 14.8 Å². The van der Waals surface area contributed by atoms with Gasteiger partial charge in [0.2, 0.25) is 0 Å². The number of rotatable bonds is 9. The van der Waals surface area contributed by atoms with E-state index in [-0.39, 0.29) is 18.1 Å². The summed E-state index contributed by atoms with van der Waals surface area (Å²) in [7, 11) is 2.89. The summed E-state index contributed by atoms with van der Waals surface area (Å²) in [6.45, 7) is 0.115. The summed E-state index contributed by atoms with van der Waals surface area (Å²) < 4.78 is 15.4. The molecule has 0 aliphatic rings. The number of thioether (sulfide) groups is 1. The van der Waals surface area contributed by atoms with E-state index in [1.165, 1.54) is 14.2 Å². The molecule has 0 heterocycles. The average Bonchev–Trinajstić information content (AvgIpc) is 2.69. The van der Waals surface area contributed by atoms with Gasteiger partial charge in [-0.1, -0.05) is 24.3 Å². The second-order valence-corrected chi connectivity index (χ2v) is 6.29. The maximum Gasteiger partial charge on any atom is 0.346 e. The topological polar surface area (TPSA) is 73.9 Å². The highest BCUT2D eigenvalue weighted by molar-refractivity contribution is 7.99. The summed E-state index contributed by atoms with van der Waals surface area (Å²) in [6, 6.07) is 14.9. The number of hydrogen-bond donors (Lipinski definition) is 1. The summed E-state index contributed by atoms with van der Waals surface area (Å²) in [5.74, 6) is 0.348. The quantitative estimate of drug-likeness (QED) is 0.413. The standard InChI is InChI=1S/C19H21NO5S/c1-23-15-9-6-10-16(24-2)18(15)19(22)25-13-17(21)20-11-12-26-14-7-4-3-5-8-14/h3-10H,11-13H2,1-2H3,(H,20,21). The molecule has 0 unspecified atom stereocenters. The van der Waals surface area contributed by atoms with Crippen molar-refractivity contribution in [1.29, 1.82) is 0 Å². The zero-order valence-electron chi connectivity index (χ0n) is 14.7. The Hall–Kier alpha value is -2.67. The molecule has 0 spiro atoms. The van der Waals surface area contributed by atoms with E-state index in [0.717, 1.165) is 10.6 Å². The largest absolute Gasteiger partial charge is 0.496 e. The molecule has 0 fully saturated rings. The maximum absolute atomic E-state index is 12.3. The van der Waals surface area contributed by atoms with Gasteiger partial charge in [-0.15, -0.1) is 11.8 Å². The van der Waals surface area contributed by atoms with Gasteiger partial charge in [0.15, 0.2) is 6.61 Å². The summed E-state index contributed by atoms with van der Waals surface area (Å²) in [5, 5.41) is 2.72. The van der Waals surface area contributed by atoms with Crippen LogP contribution in [-0.2, 0) is 9.53 Å². The minimum Gasteiger partial charge on any atom is -0.496 e. The average molecular weight is 375 g/mol. The van der Waals surface area contributed by atoms with Crippen LogP contribution in [-0.4, -0.2) is 45.0 Å². The Morgan fingerprint density at radius 2 is 1.62 bits per heavy atom. The molecule has 26 heavy (non-hydrogen) atoms. The lowest BCUT2D eigenvalue weighted by molar-refractivity contribution is -0.124. The van der Waals surface area contributed by atoms with E-state index in [9.17, 15) is 9.59 Å². The van der Waals surface area contributed by atoms with Gasteiger partial charge in [-0.05, 0) is 24.3 Å². The first-order valence-electron chi connectivity index (χ1n) is 7.98. The molecule has 6 nitrogen and oxygen atoms in total. The van der Waals surface area contributed by atoms with Crippen molar-refractivity contribution in [2.45, 2.75) is 4.90 Å². The van der Waals surface area contributed by atoms with Gasteiger partial charge >= 0.3 is 5.97 Å². The number of carbonyl (C=O) groups excluding carboxylic acids is 2. The molecule has 7 heteroatoms. The first kappa shape index (κ1) is 19.7. The first-order chi connectivity index (χ1) is 12.7. The summed E-state index contributed by atoms with van der Waals surface area (Å²) >= 11 is 1.64. The van der Waals surface area contributed by atoms with E-state index in [4.69, 9.17) is 14.2 Å². The lowest BCUT2D eigenvalue weighted by Crippen LogP contribution is -2.30. The molecular weight excluding hydrogens is 354 g/mol. The van der Waals surface area contributed by atoms with Gasteiger partial charge in [0, 0.05) is 17.2 Å². The lowest BCUT2D eigenvalue weighted by Gasteiger charge is -2.12. The van der Waals surface area contributed by atoms with Crippen molar-refractivity contribution >= 4 is 23.6 Å². The number of hydrogen-bond acceptors (Lipinski definition) is 6. The predicted molar refractivity (Wildman–Crippen MR) is 100 cm³/mol. The highest BCUT2D eigenvalue weighted by atomic mass is 32.2. The number of amides is 1. The van der Waals surface area contributed by atoms with E-state index >= 15 is 0 Å². The summed E-state index contributed by atoms with van der Waals surface area (Å²) in [5.41, 5.74) is 0.157. The zero-order chi connectivity index (χ0) is 18.8. The predicted octanol–water partition coefficient (Wildman–Crippen LogP) is 2.77. The van der Waals surface area contributed by atoms with E-state index in [0.29, 0.717) is 18.0 Å². The van der Waals surface area contributed by atoms with Crippen molar-refractivity contribution in [3.8, 4) is 11.5 Å². The molecule has 0 aliphatic heterocycles. The molecule has 2 aromatic rings. The van der Waals surface area contributed by atoms with Crippen LogP contribution in [0.2, 0.25) is 0 Å². The third kappa shape index (κ3) is 5.70. The van der Waals surface area contributed by atoms with Crippen LogP contribution in [0.3, 0.4) is 0 Å². The normalized spacial score (nSPS) is 10.1. The van der Waals surface area contributed by atoms with Crippen molar-refractivity contribution in [2.75, 3.05) is 33.1 Å². The fraction of sp³-hybridized carbons (Fsp3) is 0.263. The van der Waals surface area contributed by atoms with Crippen molar-refractivity contribution in [1.82, 2.24) is 5.32 Å². The second-order valence-electron chi connectivity index (χ2n) is 5.13. The van der Waals surface area contributed by atoms with Crippen LogP contribution in [0, 0.1) is 0 Å². The molecule has 0 aromatic heterocycles. The van der Waals surface area contributed by atoms with Gasteiger partial charge in [0.1, 0.15) is 17.1 Å². The fourth-order valence-electron chi connectivity index (χ4n) is 2.18. The van der Waals surface area contributed by atoms with Gasteiger partial charge < -0.3 is 19.5 Å². The monoisotopic (exact) mass is 375 g/mol. The second kappa shape index (κ2) is 10.4. The third-order valence-corrected chi connectivity index (χ3v) is 4.42. The summed E-state index contributed by atoms with van der Waals surface area (Å²) in [4.78, 5) is 25.2. The number of nitrogens with one attached hydrogen (secondary N) is 1. The van der Waals surface area contributed by atoms with Crippen LogP contribution >= 0.6 is 11.8 Å². The Bertz CT molecular complexity index is 714. The van der Waals surface area contributed by atoms with E-state index in [2.05, 4.69) is 5.32 Å². The van der Waals surface area contributed by atoms with Gasteiger partial charge in [0.25, 0.3) is 5.91 Å². The molecule has 0 saturated carbocycles. The smallest absolute Gasteiger partial charge is 0.346 e. The van der Waals surface area contributed by atoms with Crippen molar-refractivity contribution in [3.05, 3.63) is 54.1 Å².